The average Bonchev–Trinajstić information content (AvgIpc) is 2.56. The Hall–Kier alpha value is -1.36. The van der Waals surface area contributed by atoms with Gasteiger partial charge in [0.15, 0.2) is 0 Å². The van der Waals surface area contributed by atoms with Crippen molar-refractivity contribution in [2.45, 2.75) is 19.8 Å². The van der Waals surface area contributed by atoms with Crippen molar-refractivity contribution in [3.63, 3.8) is 0 Å². The number of rotatable bonds is 9. The van der Waals surface area contributed by atoms with E-state index in [-0.39, 0.29) is 6.61 Å². The van der Waals surface area contributed by atoms with E-state index in [1.807, 2.05) is 24.4 Å². The van der Waals surface area contributed by atoms with Crippen LogP contribution in [0.25, 0.3) is 10.9 Å². The van der Waals surface area contributed by atoms with Gasteiger partial charge in [0.1, 0.15) is 0 Å². The fourth-order valence-corrected chi connectivity index (χ4v) is 2.98. The van der Waals surface area contributed by atoms with E-state index in [4.69, 9.17) is 16.7 Å². The molecule has 2 aromatic rings. The minimum atomic E-state index is 0.235. The molecule has 0 aliphatic carbocycles. The Labute approximate surface area is 143 Å². The highest BCUT2D eigenvalue weighted by Crippen LogP contribution is 2.26. The molecule has 1 aromatic carbocycles. The zero-order valence-corrected chi connectivity index (χ0v) is 14.8. The van der Waals surface area contributed by atoms with Crippen LogP contribution in [0.3, 0.4) is 0 Å². The molecule has 126 valence electrons. The first-order chi connectivity index (χ1) is 11.2. The van der Waals surface area contributed by atoms with Gasteiger partial charge >= 0.3 is 0 Å². The summed E-state index contributed by atoms with van der Waals surface area (Å²) in [5, 5.41) is 10.9. The van der Waals surface area contributed by atoms with Gasteiger partial charge < -0.3 is 14.9 Å². The highest BCUT2D eigenvalue weighted by atomic mass is 35.5. The lowest BCUT2D eigenvalue weighted by atomic mass is 10.1. The number of aliphatic hydroxyl groups excluding tert-OH is 1. The number of hydrogen-bond acceptors (Lipinski definition) is 4. The lowest BCUT2D eigenvalue weighted by molar-refractivity contribution is 0.200. The number of hydrogen-bond donors (Lipinski definition) is 1. The number of aliphatic hydroxyl groups is 1. The Morgan fingerprint density at radius 2 is 1.91 bits per heavy atom. The van der Waals surface area contributed by atoms with Crippen molar-refractivity contribution >= 4 is 28.2 Å². The third-order valence-electron chi connectivity index (χ3n) is 4.17. The van der Waals surface area contributed by atoms with Crippen molar-refractivity contribution in [1.82, 2.24) is 9.88 Å². The molecular weight excluding hydrogens is 310 g/mol. The van der Waals surface area contributed by atoms with Crippen molar-refractivity contribution < 1.29 is 5.11 Å². The number of fused-ring (bicyclic) bond motifs is 1. The van der Waals surface area contributed by atoms with E-state index < -0.39 is 0 Å². The molecule has 0 saturated carbocycles. The summed E-state index contributed by atoms with van der Waals surface area (Å²) in [6.07, 6.45) is 4.09. The third kappa shape index (κ3) is 5.06. The van der Waals surface area contributed by atoms with Gasteiger partial charge in [0, 0.05) is 42.4 Å². The molecule has 4 nitrogen and oxygen atoms in total. The zero-order valence-electron chi connectivity index (χ0n) is 14.0. The zero-order chi connectivity index (χ0) is 16.7. The molecular formula is C18H26ClN3O. The van der Waals surface area contributed by atoms with Crippen LogP contribution in [0.4, 0.5) is 5.69 Å². The minimum Gasteiger partial charge on any atom is -0.395 e. The number of benzene rings is 1. The number of pyridine rings is 1. The smallest absolute Gasteiger partial charge is 0.0737 e. The van der Waals surface area contributed by atoms with Crippen LogP contribution in [-0.4, -0.2) is 54.8 Å². The second-order valence-corrected chi connectivity index (χ2v) is 6.21. The number of likely N-dealkylation sites (N-methyl/N-ethyl adjacent to an activating group) is 1. The van der Waals surface area contributed by atoms with Gasteiger partial charge in [-0.05, 0) is 50.2 Å². The van der Waals surface area contributed by atoms with E-state index in [1.165, 1.54) is 5.69 Å². The third-order valence-corrected chi connectivity index (χ3v) is 4.41. The summed E-state index contributed by atoms with van der Waals surface area (Å²) in [4.78, 5) is 8.95. The molecule has 5 heteroatoms. The summed E-state index contributed by atoms with van der Waals surface area (Å²) in [6, 6.07) is 7.91. The van der Waals surface area contributed by atoms with Gasteiger partial charge in [-0.3, -0.25) is 4.98 Å². The summed E-state index contributed by atoms with van der Waals surface area (Å²) in [7, 11) is 2.12. The van der Waals surface area contributed by atoms with E-state index in [0.717, 1.165) is 49.9 Å². The lowest BCUT2D eigenvalue weighted by Gasteiger charge is -2.23. The van der Waals surface area contributed by atoms with Gasteiger partial charge in [-0.15, -0.1) is 0 Å². The van der Waals surface area contributed by atoms with Gasteiger partial charge in [0.25, 0.3) is 0 Å². The molecule has 0 amide bonds. The number of nitrogens with zero attached hydrogens (tertiary/aromatic N) is 3. The molecule has 1 heterocycles. The normalized spacial score (nSPS) is 11.3. The fraction of sp³-hybridized carbons (Fsp3) is 0.500. The Morgan fingerprint density at radius 1 is 1.13 bits per heavy atom. The standard InChI is InChI=1S/C18H26ClN3O/c1-3-22(12-13-23)11-5-4-10-21(2)18-8-9-20-17-14-15(19)6-7-16(17)18/h6-9,14,23H,3-5,10-13H2,1-2H3. The summed E-state index contributed by atoms with van der Waals surface area (Å²) in [5.41, 5.74) is 2.12. The van der Waals surface area contributed by atoms with E-state index in [1.54, 1.807) is 0 Å². The van der Waals surface area contributed by atoms with Crippen molar-refractivity contribution in [1.29, 1.82) is 0 Å². The molecule has 0 saturated heterocycles. The molecule has 0 aliphatic heterocycles. The maximum absolute atomic E-state index is 9.02. The topological polar surface area (TPSA) is 39.6 Å². The second kappa shape index (κ2) is 9.06. The van der Waals surface area contributed by atoms with Crippen LogP contribution in [0, 0.1) is 0 Å². The van der Waals surface area contributed by atoms with Crippen LogP contribution in [-0.2, 0) is 0 Å². The predicted octanol–water partition coefficient (Wildman–Crippen LogP) is 3.42. The number of anilines is 1. The first-order valence-electron chi connectivity index (χ1n) is 8.24. The molecule has 0 atom stereocenters. The quantitative estimate of drug-likeness (QED) is 0.713. The van der Waals surface area contributed by atoms with E-state index >= 15 is 0 Å². The molecule has 23 heavy (non-hydrogen) atoms. The van der Waals surface area contributed by atoms with Crippen LogP contribution in [0.2, 0.25) is 5.02 Å². The summed E-state index contributed by atoms with van der Waals surface area (Å²) >= 11 is 6.05. The van der Waals surface area contributed by atoms with Gasteiger partial charge in [0.2, 0.25) is 0 Å². The van der Waals surface area contributed by atoms with E-state index in [9.17, 15) is 0 Å². The van der Waals surface area contributed by atoms with Crippen molar-refractivity contribution in [2.75, 3.05) is 44.7 Å². The van der Waals surface area contributed by atoms with Gasteiger partial charge in [0.05, 0.1) is 12.1 Å². The van der Waals surface area contributed by atoms with Crippen LogP contribution in [0.1, 0.15) is 19.8 Å². The molecule has 0 spiro atoms. The first kappa shape index (κ1) is 18.0. The van der Waals surface area contributed by atoms with Crippen molar-refractivity contribution in [3.8, 4) is 0 Å². The highest BCUT2D eigenvalue weighted by Gasteiger charge is 2.08. The number of unbranched alkanes of at least 4 members (excludes halogenated alkanes) is 1. The monoisotopic (exact) mass is 335 g/mol. The number of halogens is 1. The molecule has 0 fully saturated rings. The van der Waals surface area contributed by atoms with Gasteiger partial charge in [-0.1, -0.05) is 18.5 Å². The van der Waals surface area contributed by atoms with Crippen LogP contribution < -0.4 is 4.90 Å². The van der Waals surface area contributed by atoms with Crippen LogP contribution >= 0.6 is 11.6 Å². The second-order valence-electron chi connectivity index (χ2n) is 5.78. The summed E-state index contributed by atoms with van der Waals surface area (Å²) < 4.78 is 0. The van der Waals surface area contributed by atoms with Gasteiger partial charge in [-0.25, -0.2) is 0 Å². The molecule has 1 aromatic heterocycles. The molecule has 0 unspecified atom stereocenters. The largest absolute Gasteiger partial charge is 0.395 e. The van der Waals surface area contributed by atoms with Crippen molar-refractivity contribution in [2.24, 2.45) is 0 Å². The average molecular weight is 336 g/mol. The van der Waals surface area contributed by atoms with Crippen LogP contribution in [0.15, 0.2) is 30.5 Å². The van der Waals surface area contributed by atoms with E-state index in [2.05, 4.69) is 34.8 Å². The predicted molar refractivity (Wildman–Crippen MR) is 98.5 cm³/mol. The Bertz CT molecular complexity index is 620. The lowest BCUT2D eigenvalue weighted by Crippen LogP contribution is -2.28. The van der Waals surface area contributed by atoms with Crippen molar-refractivity contribution in [3.05, 3.63) is 35.5 Å². The molecule has 1 N–H and O–H groups in total. The SMILES string of the molecule is CCN(CCO)CCCCN(C)c1ccnc2cc(Cl)ccc12. The summed E-state index contributed by atoms with van der Waals surface area (Å²) in [6.45, 7) is 6.17. The Kier molecular flexibility index (Phi) is 7.09. The van der Waals surface area contributed by atoms with Gasteiger partial charge in [-0.2, -0.15) is 0 Å². The number of aromatic nitrogens is 1. The maximum atomic E-state index is 9.02. The summed E-state index contributed by atoms with van der Waals surface area (Å²) in [5.74, 6) is 0. The maximum Gasteiger partial charge on any atom is 0.0737 e. The molecule has 0 bridgehead atoms. The fourth-order valence-electron chi connectivity index (χ4n) is 2.81. The van der Waals surface area contributed by atoms with E-state index in [0.29, 0.717) is 5.02 Å². The molecule has 0 radical (unpaired) electrons. The minimum absolute atomic E-state index is 0.235. The molecule has 2 rings (SSSR count). The first-order valence-corrected chi connectivity index (χ1v) is 8.62. The Morgan fingerprint density at radius 3 is 2.65 bits per heavy atom. The highest BCUT2D eigenvalue weighted by molar-refractivity contribution is 6.31. The van der Waals surface area contributed by atoms with Crippen LogP contribution in [0.5, 0.6) is 0 Å². The Balaban J connectivity index is 1.92. The molecule has 0 aliphatic rings.